The summed E-state index contributed by atoms with van der Waals surface area (Å²) in [6, 6.07) is 1.53. The normalized spacial score (nSPS) is 10.0. The zero-order valence-electron chi connectivity index (χ0n) is 6.42. The van der Waals surface area contributed by atoms with Crippen LogP contribution in [0.4, 0.5) is 0 Å². The van der Waals surface area contributed by atoms with Gasteiger partial charge in [-0.3, -0.25) is 4.79 Å². The van der Waals surface area contributed by atoms with Crippen molar-refractivity contribution in [1.29, 1.82) is 0 Å². The first-order chi connectivity index (χ1) is 5.24. The van der Waals surface area contributed by atoms with E-state index in [1.807, 2.05) is 6.92 Å². The average Bonchev–Trinajstić information content (AvgIpc) is 1.95. The van der Waals surface area contributed by atoms with E-state index in [1.165, 1.54) is 6.07 Å². The van der Waals surface area contributed by atoms with Crippen LogP contribution in [0.2, 0.25) is 0 Å². The number of H-pyrrole nitrogens is 1. The molecule has 0 unspecified atom stereocenters. The molecule has 0 spiro atoms. The summed E-state index contributed by atoms with van der Waals surface area (Å²) in [6.07, 6.45) is 2.25. The molecule has 0 fully saturated rings. The quantitative estimate of drug-likeness (QED) is 0.638. The van der Waals surface area contributed by atoms with E-state index in [9.17, 15) is 4.79 Å². The summed E-state index contributed by atoms with van der Waals surface area (Å²) in [5.41, 5.74) is 1.83. The molecule has 0 bridgehead atoms. The van der Waals surface area contributed by atoms with E-state index in [4.69, 9.17) is 5.11 Å². The number of aromatic nitrogens is 1. The van der Waals surface area contributed by atoms with E-state index in [0.717, 1.165) is 11.1 Å². The van der Waals surface area contributed by atoms with Crippen molar-refractivity contribution in [3.05, 3.63) is 33.7 Å². The van der Waals surface area contributed by atoms with Gasteiger partial charge in [-0.15, -0.1) is 0 Å². The van der Waals surface area contributed by atoms with Crippen LogP contribution < -0.4 is 5.56 Å². The lowest BCUT2D eigenvalue weighted by atomic mass is 10.1. The van der Waals surface area contributed by atoms with Gasteiger partial charge in [0.1, 0.15) is 0 Å². The Morgan fingerprint density at radius 1 is 1.64 bits per heavy atom. The Morgan fingerprint density at radius 2 is 2.36 bits per heavy atom. The van der Waals surface area contributed by atoms with Crippen molar-refractivity contribution < 1.29 is 5.11 Å². The molecule has 0 saturated heterocycles. The number of aromatic amines is 1. The topological polar surface area (TPSA) is 53.1 Å². The van der Waals surface area contributed by atoms with Gasteiger partial charge < -0.3 is 10.1 Å². The summed E-state index contributed by atoms with van der Waals surface area (Å²) in [6.45, 7) is 1.98. The number of rotatable bonds is 2. The van der Waals surface area contributed by atoms with Gasteiger partial charge in [0.2, 0.25) is 5.56 Å². The number of nitrogens with one attached hydrogen (secondary N) is 1. The molecule has 0 radical (unpaired) electrons. The standard InChI is InChI=1S/C8H11NO2/c1-6-4-8(11)9-5-7(6)2-3-10/h4-5,10H,2-3H2,1H3,(H,9,11). The molecule has 1 rings (SSSR count). The summed E-state index contributed by atoms with van der Waals surface area (Å²) in [4.78, 5) is 13.3. The maximum atomic E-state index is 10.7. The molecule has 2 N–H and O–H groups in total. The van der Waals surface area contributed by atoms with Gasteiger partial charge >= 0.3 is 0 Å². The van der Waals surface area contributed by atoms with Crippen LogP contribution in [0, 0.1) is 6.92 Å². The SMILES string of the molecule is Cc1cc(=O)[nH]cc1CCO. The Hall–Kier alpha value is -1.09. The number of hydrogen-bond acceptors (Lipinski definition) is 2. The Balaban J connectivity index is 2.99. The lowest BCUT2D eigenvalue weighted by Gasteiger charge is -2.00. The smallest absolute Gasteiger partial charge is 0.248 e. The first-order valence-electron chi connectivity index (χ1n) is 3.53. The van der Waals surface area contributed by atoms with Crippen LogP contribution in [0.15, 0.2) is 17.1 Å². The lowest BCUT2D eigenvalue weighted by Crippen LogP contribution is -2.07. The summed E-state index contributed by atoms with van der Waals surface area (Å²) >= 11 is 0. The van der Waals surface area contributed by atoms with Crippen LogP contribution in [0.1, 0.15) is 11.1 Å². The maximum Gasteiger partial charge on any atom is 0.248 e. The van der Waals surface area contributed by atoms with Crippen molar-refractivity contribution in [2.45, 2.75) is 13.3 Å². The highest BCUT2D eigenvalue weighted by Gasteiger charge is 1.96. The highest BCUT2D eigenvalue weighted by Crippen LogP contribution is 2.02. The predicted octanol–water partition coefficient (Wildman–Crippen LogP) is 0.218. The van der Waals surface area contributed by atoms with Gasteiger partial charge in [-0.25, -0.2) is 0 Å². The molecule has 1 aromatic heterocycles. The molecule has 0 saturated carbocycles. The van der Waals surface area contributed by atoms with Gasteiger partial charge in [0, 0.05) is 18.9 Å². The van der Waals surface area contributed by atoms with Gasteiger partial charge in [0.25, 0.3) is 0 Å². The molecule has 0 aliphatic heterocycles. The maximum absolute atomic E-state index is 10.7. The van der Waals surface area contributed by atoms with Gasteiger partial charge in [0.15, 0.2) is 0 Å². The third-order valence-corrected chi connectivity index (χ3v) is 1.62. The first-order valence-corrected chi connectivity index (χ1v) is 3.53. The number of hydrogen-bond donors (Lipinski definition) is 2. The third kappa shape index (κ3) is 1.91. The van der Waals surface area contributed by atoms with Crippen molar-refractivity contribution in [2.24, 2.45) is 0 Å². The van der Waals surface area contributed by atoms with Crippen LogP contribution in [-0.2, 0) is 6.42 Å². The molecule has 0 amide bonds. The second kappa shape index (κ2) is 3.34. The Morgan fingerprint density at radius 3 is 2.91 bits per heavy atom. The van der Waals surface area contributed by atoms with Crippen LogP contribution in [0.3, 0.4) is 0 Å². The van der Waals surface area contributed by atoms with Crippen molar-refractivity contribution in [2.75, 3.05) is 6.61 Å². The van der Waals surface area contributed by atoms with E-state index in [1.54, 1.807) is 6.20 Å². The fourth-order valence-corrected chi connectivity index (χ4v) is 0.993. The molecule has 0 aromatic carbocycles. The highest BCUT2D eigenvalue weighted by atomic mass is 16.2. The van der Waals surface area contributed by atoms with Crippen LogP contribution in [0.5, 0.6) is 0 Å². The Kier molecular flexibility index (Phi) is 2.44. The minimum atomic E-state index is -0.0933. The summed E-state index contributed by atoms with van der Waals surface area (Å²) in [7, 11) is 0. The molecule has 11 heavy (non-hydrogen) atoms. The van der Waals surface area contributed by atoms with Gasteiger partial charge in [-0.1, -0.05) is 0 Å². The molecule has 0 aliphatic rings. The zero-order valence-corrected chi connectivity index (χ0v) is 6.42. The number of aliphatic hydroxyl groups excluding tert-OH is 1. The second-order valence-electron chi connectivity index (χ2n) is 2.48. The minimum absolute atomic E-state index is 0.0933. The van der Waals surface area contributed by atoms with Gasteiger partial charge in [-0.05, 0) is 24.5 Å². The van der Waals surface area contributed by atoms with Crippen LogP contribution in [-0.4, -0.2) is 16.7 Å². The van der Waals surface area contributed by atoms with Crippen LogP contribution in [0.25, 0.3) is 0 Å². The van der Waals surface area contributed by atoms with E-state index >= 15 is 0 Å². The molecular weight excluding hydrogens is 142 g/mol. The summed E-state index contributed by atoms with van der Waals surface area (Å²) < 4.78 is 0. The molecule has 3 nitrogen and oxygen atoms in total. The zero-order chi connectivity index (χ0) is 8.27. The van der Waals surface area contributed by atoms with Crippen LogP contribution >= 0.6 is 0 Å². The van der Waals surface area contributed by atoms with Gasteiger partial charge in [-0.2, -0.15) is 0 Å². The Labute approximate surface area is 64.7 Å². The predicted molar refractivity (Wildman–Crippen MR) is 42.6 cm³/mol. The van der Waals surface area contributed by atoms with Crippen molar-refractivity contribution in [1.82, 2.24) is 4.98 Å². The largest absolute Gasteiger partial charge is 0.396 e. The molecule has 0 aliphatic carbocycles. The van der Waals surface area contributed by atoms with Crippen molar-refractivity contribution >= 4 is 0 Å². The molecule has 1 heterocycles. The lowest BCUT2D eigenvalue weighted by molar-refractivity contribution is 0.299. The number of aryl methyl sites for hydroxylation is 1. The highest BCUT2D eigenvalue weighted by molar-refractivity contribution is 5.21. The number of pyridine rings is 1. The molecule has 3 heteroatoms. The molecule has 1 aromatic rings. The fourth-order valence-electron chi connectivity index (χ4n) is 0.993. The van der Waals surface area contributed by atoms with E-state index in [-0.39, 0.29) is 12.2 Å². The summed E-state index contributed by atoms with van der Waals surface area (Å²) in [5, 5.41) is 8.62. The fraction of sp³-hybridized carbons (Fsp3) is 0.375. The Bertz CT molecular complexity index is 290. The van der Waals surface area contributed by atoms with Crippen molar-refractivity contribution in [3.63, 3.8) is 0 Å². The van der Waals surface area contributed by atoms with E-state index in [0.29, 0.717) is 6.42 Å². The van der Waals surface area contributed by atoms with Crippen molar-refractivity contribution in [3.8, 4) is 0 Å². The molecule has 0 atom stereocenters. The first kappa shape index (κ1) is 8.01. The summed E-state index contributed by atoms with van der Waals surface area (Å²) in [5.74, 6) is 0. The monoisotopic (exact) mass is 153 g/mol. The third-order valence-electron chi connectivity index (χ3n) is 1.62. The number of aliphatic hydroxyl groups is 1. The second-order valence-corrected chi connectivity index (χ2v) is 2.48. The average molecular weight is 153 g/mol. The van der Waals surface area contributed by atoms with E-state index in [2.05, 4.69) is 4.98 Å². The minimum Gasteiger partial charge on any atom is -0.396 e. The molecule has 60 valence electrons. The molecular formula is C8H11NO2. The van der Waals surface area contributed by atoms with E-state index < -0.39 is 0 Å². The van der Waals surface area contributed by atoms with Gasteiger partial charge in [0.05, 0.1) is 0 Å².